The molecule has 0 spiro atoms. The molecule has 0 radical (unpaired) electrons. The second-order valence-corrected chi connectivity index (χ2v) is 5.10. The summed E-state index contributed by atoms with van der Waals surface area (Å²) < 4.78 is 18.4. The molecule has 2 aromatic heterocycles. The van der Waals surface area contributed by atoms with Crippen LogP contribution >= 0.6 is 0 Å². The summed E-state index contributed by atoms with van der Waals surface area (Å²) in [6, 6.07) is 8.09. The van der Waals surface area contributed by atoms with Crippen molar-refractivity contribution in [1.29, 1.82) is 0 Å². The van der Waals surface area contributed by atoms with E-state index in [0.29, 0.717) is 13.2 Å². The Bertz CT molecular complexity index is 760. The molecule has 0 amide bonds. The maximum Gasteiger partial charge on any atom is 0.163 e. The van der Waals surface area contributed by atoms with Gasteiger partial charge in [0, 0.05) is 49.3 Å². The first kappa shape index (κ1) is 14.5. The lowest BCUT2D eigenvalue weighted by Crippen LogP contribution is -2.05. The molecule has 5 heteroatoms. The predicted molar refractivity (Wildman–Crippen MR) is 86.6 cm³/mol. The lowest BCUT2D eigenvalue weighted by Gasteiger charge is -2.11. The Morgan fingerprint density at radius 1 is 1.14 bits per heavy atom. The second kappa shape index (κ2) is 6.15. The molecule has 3 rings (SSSR count). The molecule has 1 aromatic carbocycles. The number of nitrogens with one attached hydrogen (secondary N) is 1. The number of H-pyrrole nitrogens is 1. The fraction of sp³-hybridized carbons (Fsp3) is 0.294. The van der Waals surface area contributed by atoms with Gasteiger partial charge in [-0.3, -0.25) is 0 Å². The van der Waals surface area contributed by atoms with E-state index in [2.05, 4.69) is 21.8 Å². The number of aryl methyl sites for hydroxylation is 1. The molecule has 0 saturated carbocycles. The zero-order valence-electron chi connectivity index (χ0n) is 13.1. The zero-order chi connectivity index (χ0) is 15.5. The molecule has 0 aliphatic rings. The van der Waals surface area contributed by atoms with Crippen LogP contribution in [0.15, 0.2) is 36.7 Å². The molecule has 3 aromatic rings. The molecule has 0 fully saturated rings. The fourth-order valence-electron chi connectivity index (χ4n) is 2.61. The number of aromatic amines is 1. The summed E-state index contributed by atoms with van der Waals surface area (Å²) in [5.41, 5.74) is 3.32. The average Bonchev–Trinajstić information content (AvgIpc) is 3.15. The lowest BCUT2D eigenvalue weighted by molar-refractivity contribution is 0.144. The number of hydrogen-bond donors (Lipinski definition) is 1. The van der Waals surface area contributed by atoms with E-state index in [4.69, 9.17) is 14.2 Å². The van der Waals surface area contributed by atoms with Crippen molar-refractivity contribution in [2.45, 2.75) is 0 Å². The topological polar surface area (TPSA) is 48.4 Å². The summed E-state index contributed by atoms with van der Waals surface area (Å²) in [5.74, 6) is 1.45. The Labute approximate surface area is 129 Å². The van der Waals surface area contributed by atoms with Crippen LogP contribution in [0, 0.1) is 0 Å². The van der Waals surface area contributed by atoms with Crippen molar-refractivity contribution >= 4 is 10.9 Å². The highest BCUT2D eigenvalue weighted by Crippen LogP contribution is 2.37. The number of methoxy groups -OCH3 is 2. The SMILES string of the molecule is COCCOc1cc2c(cc1OC)c(-c1ccc[nH]1)cn2C. The molecule has 0 bridgehead atoms. The molecule has 5 nitrogen and oxygen atoms in total. The van der Waals surface area contributed by atoms with Crippen LogP contribution in [0.1, 0.15) is 0 Å². The highest BCUT2D eigenvalue weighted by atomic mass is 16.5. The number of aromatic nitrogens is 2. The molecule has 0 aliphatic heterocycles. The van der Waals surface area contributed by atoms with Crippen LogP contribution in [0.3, 0.4) is 0 Å². The van der Waals surface area contributed by atoms with Crippen molar-refractivity contribution in [2.24, 2.45) is 7.05 Å². The molecule has 0 saturated heterocycles. The fourth-order valence-corrected chi connectivity index (χ4v) is 2.61. The summed E-state index contributed by atoms with van der Waals surface area (Å²) >= 11 is 0. The Balaban J connectivity index is 2.08. The highest BCUT2D eigenvalue weighted by Gasteiger charge is 2.14. The van der Waals surface area contributed by atoms with E-state index in [1.54, 1.807) is 14.2 Å². The highest BCUT2D eigenvalue weighted by molar-refractivity contribution is 5.97. The van der Waals surface area contributed by atoms with Gasteiger partial charge < -0.3 is 23.8 Å². The van der Waals surface area contributed by atoms with E-state index in [1.807, 2.05) is 31.4 Å². The van der Waals surface area contributed by atoms with Crippen LogP contribution in [0.2, 0.25) is 0 Å². The molecule has 0 aliphatic carbocycles. The van der Waals surface area contributed by atoms with E-state index in [-0.39, 0.29) is 0 Å². The number of fused-ring (bicyclic) bond motifs is 1. The van der Waals surface area contributed by atoms with Crippen molar-refractivity contribution in [3.8, 4) is 22.8 Å². The van der Waals surface area contributed by atoms with Gasteiger partial charge in [0.05, 0.1) is 19.2 Å². The Morgan fingerprint density at radius 2 is 2.00 bits per heavy atom. The van der Waals surface area contributed by atoms with E-state index in [0.717, 1.165) is 33.7 Å². The smallest absolute Gasteiger partial charge is 0.163 e. The molecule has 2 heterocycles. The standard InChI is InChI=1S/C17H20N2O3/c1-19-11-13(14-5-4-6-18-14)12-9-16(21-3)17(10-15(12)19)22-8-7-20-2/h4-6,9-11,18H,7-8H2,1-3H3. The van der Waals surface area contributed by atoms with E-state index >= 15 is 0 Å². The normalized spacial score (nSPS) is 11.0. The molecular formula is C17H20N2O3. The van der Waals surface area contributed by atoms with Crippen LogP contribution < -0.4 is 9.47 Å². The first-order valence-electron chi connectivity index (χ1n) is 7.17. The average molecular weight is 300 g/mol. The number of hydrogen-bond acceptors (Lipinski definition) is 3. The molecule has 0 atom stereocenters. The van der Waals surface area contributed by atoms with Gasteiger partial charge in [0.25, 0.3) is 0 Å². The maximum absolute atomic E-state index is 5.76. The van der Waals surface area contributed by atoms with Gasteiger partial charge in [0.1, 0.15) is 6.61 Å². The third-order valence-electron chi connectivity index (χ3n) is 3.71. The maximum atomic E-state index is 5.76. The van der Waals surface area contributed by atoms with Crippen LogP contribution in [0.4, 0.5) is 0 Å². The van der Waals surface area contributed by atoms with E-state index in [9.17, 15) is 0 Å². The minimum absolute atomic E-state index is 0.492. The van der Waals surface area contributed by atoms with Gasteiger partial charge >= 0.3 is 0 Å². The monoisotopic (exact) mass is 300 g/mol. The minimum Gasteiger partial charge on any atom is -0.493 e. The van der Waals surface area contributed by atoms with Crippen molar-refractivity contribution in [1.82, 2.24) is 9.55 Å². The summed E-state index contributed by atoms with van der Waals surface area (Å²) in [5, 5.41) is 1.13. The van der Waals surface area contributed by atoms with Crippen LogP contribution in [-0.2, 0) is 11.8 Å². The van der Waals surface area contributed by atoms with Gasteiger partial charge in [-0.1, -0.05) is 0 Å². The Morgan fingerprint density at radius 3 is 2.68 bits per heavy atom. The van der Waals surface area contributed by atoms with Crippen molar-refractivity contribution in [3.63, 3.8) is 0 Å². The van der Waals surface area contributed by atoms with Gasteiger partial charge in [-0.2, -0.15) is 0 Å². The van der Waals surface area contributed by atoms with Crippen LogP contribution in [0.5, 0.6) is 11.5 Å². The number of benzene rings is 1. The Kier molecular flexibility index (Phi) is 4.06. The van der Waals surface area contributed by atoms with Crippen molar-refractivity contribution < 1.29 is 14.2 Å². The van der Waals surface area contributed by atoms with Gasteiger partial charge in [-0.05, 0) is 18.2 Å². The molecular weight excluding hydrogens is 280 g/mol. The summed E-state index contributed by atoms with van der Waals surface area (Å²) in [7, 11) is 5.34. The minimum atomic E-state index is 0.492. The quantitative estimate of drug-likeness (QED) is 0.711. The third-order valence-corrected chi connectivity index (χ3v) is 3.71. The largest absolute Gasteiger partial charge is 0.493 e. The number of ether oxygens (including phenoxy) is 3. The lowest BCUT2D eigenvalue weighted by atomic mass is 10.1. The van der Waals surface area contributed by atoms with Gasteiger partial charge in [0.2, 0.25) is 0 Å². The van der Waals surface area contributed by atoms with Crippen molar-refractivity contribution in [2.75, 3.05) is 27.4 Å². The molecule has 116 valence electrons. The third kappa shape index (κ3) is 2.55. The molecule has 1 N–H and O–H groups in total. The predicted octanol–water partition coefficient (Wildman–Crippen LogP) is 3.21. The summed E-state index contributed by atoms with van der Waals surface area (Å²) in [6.07, 6.45) is 4.03. The van der Waals surface area contributed by atoms with Crippen molar-refractivity contribution in [3.05, 3.63) is 36.7 Å². The number of rotatable bonds is 6. The number of nitrogens with zero attached hydrogens (tertiary/aromatic N) is 1. The van der Waals surface area contributed by atoms with Crippen LogP contribution in [0.25, 0.3) is 22.2 Å². The zero-order valence-corrected chi connectivity index (χ0v) is 13.1. The molecule has 0 unspecified atom stereocenters. The summed E-state index contributed by atoms with van der Waals surface area (Å²) in [6.45, 7) is 1.04. The Hall–Kier alpha value is -2.40. The van der Waals surface area contributed by atoms with Gasteiger partial charge in [0.15, 0.2) is 11.5 Å². The molecule has 22 heavy (non-hydrogen) atoms. The van der Waals surface area contributed by atoms with Crippen LogP contribution in [-0.4, -0.2) is 37.0 Å². The van der Waals surface area contributed by atoms with E-state index < -0.39 is 0 Å². The van der Waals surface area contributed by atoms with Gasteiger partial charge in [-0.15, -0.1) is 0 Å². The first-order chi connectivity index (χ1) is 10.7. The van der Waals surface area contributed by atoms with Gasteiger partial charge in [-0.25, -0.2) is 0 Å². The summed E-state index contributed by atoms with van der Waals surface area (Å²) in [4.78, 5) is 3.25. The second-order valence-electron chi connectivity index (χ2n) is 5.10. The first-order valence-corrected chi connectivity index (χ1v) is 7.17. The van der Waals surface area contributed by atoms with E-state index in [1.165, 1.54) is 0 Å².